The number of aliphatic carboxylic acids is 2. The summed E-state index contributed by atoms with van der Waals surface area (Å²) in [5.74, 6) is 0.279. The van der Waals surface area contributed by atoms with Crippen molar-refractivity contribution in [3.63, 3.8) is 0 Å². The molecule has 1 heterocycles. The molecular formula is C18H20N2O4. The number of carboxylic acid groups (broad SMARTS) is 2. The molecule has 6 heteroatoms. The monoisotopic (exact) mass is 328 g/mol. The van der Waals surface area contributed by atoms with Gasteiger partial charge in [0.05, 0.1) is 6.54 Å². The fourth-order valence-electron chi connectivity index (χ4n) is 4.06. The molecule has 126 valence electrons. The Hall–Kier alpha value is -2.63. The lowest BCUT2D eigenvalue weighted by molar-refractivity contribution is -0.134. The van der Waals surface area contributed by atoms with Crippen LogP contribution in [-0.4, -0.2) is 41.1 Å². The molecule has 2 aliphatic carbocycles. The van der Waals surface area contributed by atoms with Crippen LogP contribution in [0, 0.1) is 11.3 Å². The Kier molecular flexibility index (Phi) is 4.13. The molecule has 1 aliphatic heterocycles. The minimum Gasteiger partial charge on any atom is -0.478 e. The molecule has 3 unspecified atom stereocenters. The Morgan fingerprint density at radius 2 is 1.92 bits per heavy atom. The van der Waals surface area contributed by atoms with Gasteiger partial charge in [-0.25, -0.2) is 9.59 Å². The third-order valence-electron chi connectivity index (χ3n) is 5.12. The first kappa shape index (κ1) is 16.2. The van der Waals surface area contributed by atoms with Gasteiger partial charge >= 0.3 is 11.9 Å². The van der Waals surface area contributed by atoms with Crippen molar-refractivity contribution in [2.45, 2.75) is 19.3 Å². The molecule has 1 fully saturated rings. The van der Waals surface area contributed by atoms with Crippen LogP contribution < -0.4 is 5.32 Å². The molecule has 0 saturated heterocycles. The van der Waals surface area contributed by atoms with Gasteiger partial charge < -0.3 is 15.5 Å². The zero-order chi connectivity index (χ0) is 17.3. The van der Waals surface area contributed by atoms with Gasteiger partial charge in [-0.15, -0.1) is 0 Å². The SMILES string of the molecule is CC1C2c3ccccc3CC12C1=NCCN1.O=C(O)/C=C/C(=O)O. The van der Waals surface area contributed by atoms with Crippen LogP contribution in [0.1, 0.15) is 24.0 Å². The lowest BCUT2D eigenvalue weighted by Gasteiger charge is -2.14. The summed E-state index contributed by atoms with van der Waals surface area (Å²) in [6.45, 7) is 4.38. The molecule has 0 bridgehead atoms. The number of benzene rings is 1. The van der Waals surface area contributed by atoms with Crippen molar-refractivity contribution in [3.8, 4) is 0 Å². The van der Waals surface area contributed by atoms with Gasteiger partial charge in [0.2, 0.25) is 0 Å². The summed E-state index contributed by atoms with van der Waals surface area (Å²) < 4.78 is 0. The number of fused-ring (bicyclic) bond motifs is 3. The molecule has 6 nitrogen and oxygen atoms in total. The van der Waals surface area contributed by atoms with Crippen LogP contribution in [0.15, 0.2) is 41.4 Å². The van der Waals surface area contributed by atoms with Crippen molar-refractivity contribution < 1.29 is 19.8 Å². The van der Waals surface area contributed by atoms with Gasteiger partial charge in [-0.3, -0.25) is 4.99 Å². The molecule has 0 amide bonds. The van der Waals surface area contributed by atoms with Gasteiger partial charge in [0, 0.05) is 30.0 Å². The van der Waals surface area contributed by atoms with E-state index in [1.165, 1.54) is 12.3 Å². The maximum absolute atomic E-state index is 9.55. The Labute approximate surface area is 139 Å². The molecule has 3 N–H and O–H groups in total. The van der Waals surface area contributed by atoms with E-state index in [0.717, 1.165) is 24.9 Å². The number of nitrogens with one attached hydrogen (secondary N) is 1. The minimum absolute atomic E-state index is 0.347. The lowest BCUT2D eigenvalue weighted by Crippen LogP contribution is -2.30. The van der Waals surface area contributed by atoms with Gasteiger partial charge in [-0.05, 0) is 23.5 Å². The van der Waals surface area contributed by atoms with Crippen LogP contribution in [0.3, 0.4) is 0 Å². The summed E-state index contributed by atoms with van der Waals surface area (Å²) in [5, 5.41) is 19.1. The van der Waals surface area contributed by atoms with E-state index in [1.54, 1.807) is 11.1 Å². The van der Waals surface area contributed by atoms with Gasteiger partial charge in [0.15, 0.2) is 0 Å². The number of hydrogen-bond donors (Lipinski definition) is 3. The first-order valence-electron chi connectivity index (χ1n) is 7.97. The number of amidine groups is 1. The third kappa shape index (κ3) is 2.68. The number of aliphatic imine (C=N–C) groups is 1. The van der Waals surface area contributed by atoms with Crippen molar-refractivity contribution in [2.24, 2.45) is 16.3 Å². The van der Waals surface area contributed by atoms with E-state index in [4.69, 9.17) is 10.2 Å². The highest BCUT2D eigenvalue weighted by atomic mass is 16.4. The Morgan fingerprint density at radius 3 is 2.50 bits per heavy atom. The largest absolute Gasteiger partial charge is 0.478 e. The molecule has 1 saturated carbocycles. The molecule has 24 heavy (non-hydrogen) atoms. The molecular weight excluding hydrogens is 308 g/mol. The normalized spacial score (nSPS) is 29.0. The highest BCUT2D eigenvalue weighted by Crippen LogP contribution is 2.71. The molecule has 0 spiro atoms. The van der Waals surface area contributed by atoms with E-state index in [0.29, 0.717) is 17.6 Å². The van der Waals surface area contributed by atoms with Gasteiger partial charge in [0.25, 0.3) is 0 Å². The first-order valence-corrected chi connectivity index (χ1v) is 7.97. The van der Waals surface area contributed by atoms with Gasteiger partial charge in [0.1, 0.15) is 5.84 Å². The number of nitrogens with zero attached hydrogens (tertiary/aromatic N) is 1. The second-order valence-corrected chi connectivity index (χ2v) is 6.35. The number of carbonyl (C=O) groups is 2. The highest BCUT2D eigenvalue weighted by molar-refractivity contribution is 5.95. The van der Waals surface area contributed by atoms with E-state index in [-0.39, 0.29) is 0 Å². The van der Waals surface area contributed by atoms with Crippen LogP contribution in [0.5, 0.6) is 0 Å². The molecule has 4 rings (SSSR count). The fourth-order valence-corrected chi connectivity index (χ4v) is 4.06. The van der Waals surface area contributed by atoms with Crippen LogP contribution in [0.25, 0.3) is 0 Å². The Balaban J connectivity index is 0.000000183. The van der Waals surface area contributed by atoms with Crippen molar-refractivity contribution in [2.75, 3.05) is 13.1 Å². The number of rotatable bonds is 3. The van der Waals surface area contributed by atoms with Gasteiger partial charge in [-0.1, -0.05) is 31.2 Å². The number of carboxylic acids is 2. The summed E-state index contributed by atoms with van der Waals surface area (Å²) >= 11 is 0. The smallest absolute Gasteiger partial charge is 0.328 e. The number of hydrogen-bond acceptors (Lipinski definition) is 4. The molecule has 3 aliphatic rings. The maximum Gasteiger partial charge on any atom is 0.328 e. The summed E-state index contributed by atoms with van der Waals surface area (Å²) in [7, 11) is 0. The third-order valence-corrected chi connectivity index (χ3v) is 5.12. The Morgan fingerprint density at radius 1 is 1.25 bits per heavy atom. The molecule has 1 aromatic carbocycles. The minimum atomic E-state index is -1.26. The topological polar surface area (TPSA) is 99.0 Å². The first-order chi connectivity index (χ1) is 11.5. The van der Waals surface area contributed by atoms with E-state index < -0.39 is 11.9 Å². The van der Waals surface area contributed by atoms with Crippen molar-refractivity contribution in [1.29, 1.82) is 0 Å². The quantitative estimate of drug-likeness (QED) is 0.733. The second kappa shape index (κ2) is 6.11. The predicted molar refractivity (Wildman–Crippen MR) is 89.2 cm³/mol. The van der Waals surface area contributed by atoms with E-state index in [2.05, 4.69) is 41.5 Å². The fraction of sp³-hybridized carbons (Fsp3) is 0.389. The van der Waals surface area contributed by atoms with Crippen molar-refractivity contribution in [3.05, 3.63) is 47.5 Å². The average Bonchev–Trinajstić information content (AvgIpc) is 2.97. The highest BCUT2D eigenvalue weighted by Gasteiger charge is 2.69. The van der Waals surface area contributed by atoms with Crippen LogP contribution >= 0.6 is 0 Å². The summed E-state index contributed by atoms with van der Waals surface area (Å²) in [6.07, 6.45) is 2.31. The molecule has 0 radical (unpaired) electrons. The zero-order valence-electron chi connectivity index (χ0n) is 13.4. The lowest BCUT2D eigenvalue weighted by atomic mass is 9.96. The van der Waals surface area contributed by atoms with E-state index in [1.807, 2.05) is 0 Å². The van der Waals surface area contributed by atoms with E-state index >= 15 is 0 Å². The van der Waals surface area contributed by atoms with Crippen LogP contribution in [-0.2, 0) is 16.0 Å². The summed E-state index contributed by atoms with van der Waals surface area (Å²) in [6, 6.07) is 8.92. The molecule has 1 aromatic rings. The zero-order valence-corrected chi connectivity index (χ0v) is 13.4. The molecule has 3 atom stereocenters. The summed E-state index contributed by atoms with van der Waals surface area (Å²) in [4.78, 5) is 23.8. The maximum atomic E-state index is 9.55. The Bertz CT molecular complexity index is 724. The summed E-state index contributed by atoms with van der Waals surface area (Å²) in [5.41, 5.74) is 3.47. The standard InChI is InChI=1S/C14H16N2.C4H4O4/c1-9-12-11-5-3-2-4-10(11)8-14(9,12)13-15-6-7-16-13;5-3(6)1-2-4(7)8/h2-5,9,12H,6-8H2,1H3,(H,15,16);1-2H,(H,5,6)(H,7,8)/b;2-1+. The van der Waals surface area contributed by atoms with Crippen molar-refractivity contribution >= 4 is 17.8 Å². The predicted octanol–water partition coefficient (Wildman–Crippen LogP) is 1.68. The van der Waals surface area contributed by atoms with Crippen molar-refractivity contribution in [1.82, 2.24) is 5.32 Å². The second-order valence-electron chi connectivity index (χ2n) is 6.35. The average molecular weight is 328 g/mol. The van der Waals surface area contributed by atoms with Gasteiger partial charge in [-0.2, -0.15) is 0 Å². The van der Waals surface area contributed by atoms with Crippen LogP contribution in [0.2, 0.25) is 0 Å². The molecule has 0 aromatic heterocycles. The van der Waals surface area contributed by atoms with E-state index in [9.17, 15) is 9.59 Å². The van der Waals surface area contributed by atoms with Crippen LogP contribution in [0.4, 0.5) is 0 Å².